The van der Waals surface area contributed by atoms with Gasteiger partial charge in [0.15, 0.2) is 0 Å². The van der Waals surface area contributed by atoms with Crippen LogP contribution in [0.4, 0.5) is 5.69 Å². The second-order valence-electron chi connectivity index (χ2n) is 7.17. The van der Waals surface area contributed by atoms with E-state index in [1.807, 2.05) is 80.6 Å². The smallest absolute Gasteiger partial charge is 0.240 e. The number of para-hydroxylation sites is 1. The Balaban J connectivity index is 1.79. The van der Waals surface area contributed by atoms with Crippen LogP contribution < -0.4 is 20.1 Å². The maximum Gasteiger partial charge on any atom is 0.240 e. The summed E-state index contributed by atoms with van der Waals surface area (Å²) in [7, 11) is 3.27. The van der Waals surface area contributed by atoms with Gasteiger partial charge in [-0.15, -0.1) is 0 Å². The predicted octanol–water partition coefficient (Wildman–Crippen LogP) is 4.64. The van der Waals surface area contributed by atoms with Gasteiger partial charge in [-0.25, -0.2) is 0 Å². The fourth-order valence-corrected chi connectivity index (χ4v) is 3.43. The van der Waals surface area contributed by atoms with Crippen molar-refractivity contribution < 1.29 is 14.3 Å². The fourth-order valence-electron chi connectivity index (χ4n) is 3.43. The van der Waals surface area contributed by atoms with E-state index in [9.17, 15) is 4.79 Å². The number of hydrogen-bond donors (Lipinski definition) is 2. The van der Waals surface area contributed by atoms with E-state index in [0.29, 0.717) is 0 Å². The highest BCUT2D eigenvalue weighted by atomic mass is 16.5. The number of anilines is 1. The summed E-state index contributed by atoms with van der Waals surface area (Å²) in [5.74, 6) is 1.46. The average molecular weight is 405 g/mol. The molecule has 0 bridgehead atoms. The van der Waals surface area contributed by atoms with Gasteiger partial charge >= 0.3 is 0 Å². The maximum atomic E-state index is 12.8. The third-order valence-electron chi connectivity index (χ3n) is 5.11. The molecule has 3 rings (SSSR count). The SMILES string of the molecule is COc1ccc(C(NC(=O)CNc2c(C)cccc2C)c2ccc(OC)cc2)cc1. The minimum atomic E-state index is -0.283. The van der Waals surface area contributed by atoms with Gasteiger partial charge in [-0.2, -0.15) is 0 Å². The predicted molar refractivity (Wildman–Crippen MR) is 120 cm³/mol. The second kappa shape index (κ2) is 9.83. The first kappa shape index (κ1) is 21.2. The van der Waals surface area contributed by atoms with Crippen molar-refractivity contribution in [3.8, 4) is 11.5 Å². The molecule has 0 heterocycles. The van der Waals surface area contributed by atoms with Crippen LogP contribution in [-0.4, -0.2) is 26.7 Å². The molecule has 0 aliphatic rings. The van der Waals surface area contributed by atoms with Gasteiger partial charge in [0, 0.05) is 5.69 Å². The Bertz CT molecular complexity index is 915. The molecule has 0 fully saturated rings. The molecule has 0 spiro atoms. The van der Waals surface area contributed by atoms with Gasteiger partial charge in [-0.1, -0.05) is 42.5 Å². The van der Waals surface area contributed by atoms with Crippen molar-refractivity contribution in [2.24, 2.45) is 0 Å². The van der Waals surface area contributed by atoms with Crippen LogP contribution in [0.25, 0.3) is 0 Å². The molecule has 3 aromatic carbocycles. The van der Waals surface area contributed by atoms with Gasteiger partial charge in [0.25, 0.3) is 0 Å². The van der Waals surface area contributed by atoms with Crippen LogP contribution in [-0.2, 0) is 4.79 Å². The molecule has 30 heavy (non-hydrogen) atoms. The number of aryl methyl sites for hydroxylation is 2. The molecular weight excluding hydrogens is 376 g/mol. The maximum absolute atomic E-state index is 12.8. The molecule has 0 unspecified atom stereocenters. The van der Waals surface area contributed by atoms with E-state index in [1.165, 1.54) is 0 Å². The second-order valence-corrected chi connectivity index (χ2v) is 7.17. The Morgan fingerprint density at radius 1 is 0.800 bits per heavy atom. The summed E-state index contributed by atoms with van der Waals surface area (Å²) < 4.78 is 10.5. The van der Waals surface area contributed by atoms with Crippen LogP contribution >= 0.6 is 0 Å². The number of methoxy groups -OCH3 is 2. The highest BCUT2D eigenvalue weighted by Crippen LogP contribution is 2.26. The number of amides is 1. The van der Waals surface area contributed by atoms with Gasteiger partial charge in [-0.3, -0.25) is 4.79 Å². The average Bonchev–Trinajstić information content (AvgIpc) is 2.77. The summed E-state index contributed by atoms with van der Waals surface area (Å²) in [5, 5.41) is 6.42. The first-order valence-electron chi connectivity index (χ1n) is 9.89. The van der Waals surface area contributed by atoms with Crippen molar-refractivity contribution >= 4 is 11.6 Å². The summed E-state index contributed by atoms with van der Waals surface area (Å²) in [6.45, 7) is 4.25. The van der Waals surface area contributed by atoms with Crippen LogP contribution in [0.2, 0.25) is 0 Å². The molecule has 0 aliphatic carbocycles. The number of carbonyl (C=O) groups excluding carboxylic acids is 1. The lowest BCUT2D eigenvalue weighted by atomic mass is 9.98. The number of rotatable bonds is 8. The molecule has 0 aromatic heterocycles. The van der Waals surface area contributed by atoms with Gasteiger partial charge in [-0.05, 0) is 60.4 Å². The van der Waals surface area contributed by atoms with Crippen molar-refractivity contribution in [2.75, 3.05) is 26.1 Å². The zero-order chi connectivity index (χ0) is 21.5. The largest absolute Gasteiger partial charge is 0.497 e. The minimum absolute atomic E-state index is 0.0886. The van der Waals surface area contributed by atoms with Gasteiger partial charge in [0.05, 0.1) is 26.8 Å². The topological polar surface area (TPSA) is 59.6 Å². The van der Waals surface area contributed by atoms with Crippen LogP contribution in [0.3, 0.4) is 0 Å². The first-order chi connectivity index (χ1) is 14.5. The normalized spacial score (nSPS) is 10.6. The van der Waals surface area contributed by atoms with Gasteiger partial charge in [0.1, 0.15) is 11.5 Å². The highest BCUT2D eigenvalue weighted by molar-refractivity contribution is 5.82. The van der Waals surface area contributed by atoms with Crippen LogP contribution in [0, 0.1) is 13.8 Å². The molecule has 5 heteroatoms. The summed E-state index contributed by atoms with van der Waals surface area (Å²) in [6.07, 6.45) is 0. The molecule has 0 atom stereocenters. The van der Waals surface area contributed by atoms with Crippen LogP contribution in [0.5, 0.6) is 11.5 Å². The Morgan fingerprint density at radius 3 is 1.70 bits per heavy atom. The van der Waals surface area contributed by atoms with Gasteiger partial charge < -0.3 is 20.1 Å². The molecule has 156 valence electrons. The van der Waals surface area contributed by atoms with E-state index in [4.69, 9.17) is 9.47 Å². The van der Waals surface area contributed by atoms with E-state index in [1.54, 1.807) is 14.2 Å². The third-order valence-corrected chi connectivity index (χ3v) is 5.11. The fraction of sp³-hybridized carbons (Fsp3) is 0.240. The summed E-state index contributed by atoms with van der Waals surface area (Å²) in [4.78, 5) is 12.8. The Kier molecular flexibility index (Phi) is 6.96. The quantitative estimate of drug-likeness (QED) is 0.574. The van der Waals surface area contributed by atoms with E-state index >= 15 is 0 Å². The summed E-state index contributed by atoms with van der Waals surface area (Å²) in [5.41, 5.74) is 5.18. The number of ether oxygens (including phenoxy) is 2. The number of hydrogen-bond acceptors (Lipinski definition) is 4. The molecule has 0 aliphatic heterocycles. The third kappa shape index (κ3) is 5.11. The zero-order valence-corrected chi connectivity index (χ0v) is 17.9. The monoisotopic (exact) mass is 404 g/mol. The van der Waals surface area contributed by atoms with Crippen molar-refractivity contribution in [3.05, 3.63) is 89.0 Å². The molecular formula is C25H28N2O3. The molecule has 0 radical (unpaired) electrons. The lowest BCUT2D eigenvalue weighted by molar-refractivity contribution is -0.119. The number of benzene rings is 3. The molecule has 3 aromatic rings. The first-order valence-corrected chi connectivity index (χ1v) is 9.89. The van der Waals surface area contributed by atoms with E-state index in [2.05, 4.69) is 10.6 Å². The Hall–Kier alpha value is -3.47. The highest BCUT2D eigenvalue weighted by Gasteiger charge is 2.17. The Morgan fingerprint density at radius 2 is 1.27 bits per heavy atom. The summed E-state index contributed by atoms with van der Waals surface area (Å²) in [6, 6.07) is 21.2. The van der Waals surface area contributed by atoms with Crippen molar-refractivity contribution in [3.63, 3.8) is 0 Å². The number of carbonyl (C=O) groups is 1. The molecule has 0 saturated heterocycles. The van der Waals surface area contributed by atoms with E-state index < -0.39 is 0 Å². The molecule has 0 saturated carbocycles. The van der Waals surface area contributed by atoms with Crippen LogP contribution in [0.15, 0.2) is 66.7 Å². The van der Waals surface area contributed by atoms with Crippen LogP contribution in [0.1, 0.15) is 28.3 Å². The molecule has 1 amide bonds. The van der Waals surface area contributed by atoms with Gasteiger partial charge in [0.2, 0.25) is 5.91 Å². The standard InChI is InChI=1S/C25H28N2O3/c1-17-6-5-7-18(2)24(17)26-16-23(28)27-25(19-8-12-21(29-3)13-9-19)20-10-14-22(30-4)15-11-20/h5-15,25-26H,16H2,1-4H3,(H,27,28). The van der Waals surface area contributed by atoms with E-state index in [0.717, 1.165) is 39.4 Å². The molecule has 2 N–H and O–H groups in total. The lowest BCUT2D eigenvalue weighted by Gasteiger charge is -2.21. The number of nitrogens with one attached hydrogen (secondary N) is 2. The van der Waals surface area contributed by atoms with E-state index in [-0.39, 0.29) is 18.5 Å². The van der Waals surface area contributed by atoms with Crippen molar-refractivity contribution in [2.45, 2.75) is 19.9 Å². The zero-order valence-electron chi connectivity index (χ0n) is 17.9. The van der Waals surface area contributed by atoms with Crippen molar-refractivity contribution in [1.82, 2.24) is 5.32 Å². The Labute approximate surface area is 178 Å². The minimum Gasteiger partial charge on any atom is -0.497 e. The molecule has 5 nitrogen and oxygen atoms in total. The van der Waals surface area contributed by atoms with Crippen molar-refractivity contribution in [1.29, 1.82) is 0 Å². The summed E-state index contributed by atoms with van der Waals surface area (Å²) >= 11 is 0. The lowest BCUT2D eigenvalue weighted by Crippen LogP contribution is -2.34.